The van der Waals surface area contributed by atoms with Crippen LogP contribution in [-0.4, -0.2) is 68.9 Å². The predicted molar refractivity (Wildman–Crippen MR) is 127 cm³/mol. The maximum Gasteiger partial charge on any atom is 0.337 e. The highest BCUT2D eigenvalue weighted by atomic mass is 35.5. The van der Waals surface area contributed by atoms with Gasteiger partial charge in [0.2, 0.25) is 0 Å². The van der Waals surface area contributed by atoms with Crippen LogP contribution < -0.4 is 15.8 Å². The van der Waals surface area contributed by atoms with Crippen LogP contribution in [0.3, 0.4) is 0 Å². The summed E-state index contributed by atoms with van der Waals surface area (Å²) in [7, 11) is 4.43. The first-order valence-electron chi connectivity index (χ1n) is 11.6. The molecule has 4 N–H and O–H groups in total. The summed E-state index contributed by atoms with van der Waals surface area (Å²) in [4.78, 5) is 15.0. The van der Waals surface area contributed by atoms with Gasteiger partial charge < -0.3 is 35.1 Å². The summed E-state index contributed by atoms with van der Waals surface area (Å²) in [5, 5.41) is 16.2. The summed E-state index contributed by atoms with van der Waals surface area (Å²) in [6.45, 7) is 3.38. The number of piperidine rings is 2. The Bertz CT molecular complexity index is 974. The van der Waals surface area contributed by atoms with Gasteiger partial charge in [0.1, 0.15) is 11.4 Å². The number of carbonyl (C=O) groups is 1. The second-order valence-electron chi connectivity index (χ2n) is 9.13. The molecule has 5 atom stereocenters. The lowest BCUT2D eigenvalue weighted by Gasteiger charge is -2.58. The van der Waals surface area contributed by atoms with Crippen LogP contribution in [0, 0.1) is 11.8 Å². The van der Waals surface area contributed by atoms with E-state index in [4.69, 9.17) is 36.3 Å². The van der Waals surface area contributed by atoms with Crippen molar-refractivity contribution in [2.24, 2.45) is 17.6 Å². The number of aliphatic hydroxyl groups is 1. The summed E-state index contributed by atoms with van der Waals surface area (Å²) in [6.07, 6.45) is 3.29. The normalized spacial score (nSPS) is 32.8. The quantitative estimate of drug-likeness (QED) is 0.227. The van der Waals surface area contributed by atoms with Gasteiger partial charge in [-0.25, -0.2) is 4.79 Å². The van der Waals surface area contributed by atoms with E-state index in [1.807, 2.05) is 0 Å². The lowest BCUT2D eigenvalue weighted by Crippen LogP contribution is -2.73. The van der Waals surface area contributed by atoms with E-state index >= 15 is 0 Å². The first-order chi connectivity index (χ1) is 16.3. The molecule has 0 unspecified atom stereocenters. The fraction of sp³-hybridized carbons (Fsp3) is 0.625. The molecule has 3 aliphatic heterocycles. The minimum absolute atomic E-state index is 0.108. The van der Waals surface area contributed by atoms with Crippen molar-refractivity contribution >= 4 is 23.3 Å². The van der Waals surface area contributed by atoms with Crippen LogP contribution >= 0.6 is 11.6 Å². The monoisotopic (exact) mass is 495 g/mol. The number of carbonyl (C=O) groups excluding carboxylic acids is 1. The molecule has 4 rings (SSSR count). The van der Waals surface area contributed by atoms with Crippen molar-refractivity contribution in [3.63, 3.8) is 0 Å². The lowest BCUT2D eigenvalue weighted by molar-refractivity contribution is -0.237. The molecule has 0 bridgehead atoms. The average Bonchev–Trinajstić information content (AvgIpc) is 3.09. The highest BCUT2D eigenvalue weighted by Gasteiger charge is 2.68. The lowest BCUT2D eigenvalue weighted by atomic mass is 9.67. The molecule has 0 aliphatic carbocycles. The van der Waals surface area contributed by atoms with Crippen molar-refractivity contribution in [1.29, 1.82) is 0 Å². The Hall–Kier alpha value is -2.04. The number of nitrogens with zero attached hydrogens (tertiary/aromatic N) is 1. The van der Waals surface area contributed by atoms with Crippen molar-refractivity contribution in [2.45, 2.75) is 43.6 Å². The van der Waals surface area contributed by atoms with Gasteiger partial charge in [-0.3, -0.25) is 4.90 Å². The van der Waals surface area contributed by atoms with E-state index in [1.165, 1.54) is 20.5 Å². The van der Waals surface area contributed by atoms with Gasteiger partial charge in [0.05, 0.1) is 51.5 Å². The molecule has 0 amide bonds. The smallest absolute Gasteiger partial charge is 0.337 e. The zero-order valence-corrected chi connectivity index (χ0v) is 20.9. The van der Waals surface area contributed by atoms with Crippen LogP contribution in [0.15, 0.2) is 24.0 Å². The number of anilines is 1. The van der Waals surface area contributed by atoms with Crippen molar-refractivity contribution in [1.82, 2.24) is 4.90 Å². The van der Waals surface area contributed by atoms with Gasteiger partial charge in [0, 0.05) is 23.8 Å². The first kappa shape index (κ1) is 25.1. The first-order valence-corrected chi connectivity index (χ1v) is 12.0. The number of halogens is 1. The van der Waals surface area contributed by atoms with E-state index in [1.54, 1.807) is 19.2 Å². The second kappa shape index (κ2) is 9.54. The zero-order valence-electron chi connectivity index (χ0n) is 20.1. The van der Waals surface area contributed by atoms with Gasteiger partial charge in [-0.15, -0.1) is 0 Å². The summed E-state index contributed by atoms with van der Waals surface area (Å²) < 4.78 is 22.2. The summed E-state index contributed by atoms with van der Waals surface area (Å²) >= 11 is 6.35. The molecule has 0 radical (unpaired) electrons. The second-order valence-corrected chi connectivity index (χ2v) is 9.57. The van der Waals surface area contributed by atoms with E-state index in [0.717, 1.165) is 13.0 Å². The molecule has 2 saturated heterocycles. The molecule has 1 aromatic rings. The molecule has 0 spiro atoms. The van der Waals surface area contributed by atoms with Gasteiger partial charge in [-0.1, -0.05) is 24.9 Å². The topological polar surface area (TPSA) is 116 Å². The Kier molecular flexibility index (Phi) is 7.04. The van der Waals surface area contributed by atoms with Gasteiger partial charge >= 0.3 is 5.97 Å². The van der Waals surface area contributed by atoms with Crippen LogP contribution in [0.5, 0.6) is 5.75 Å². The number of esters is 1. The van der Waals surface area contributed by atoms with Crippen molar-refractivity contribution in [3.05, 3.63) is 34.6 Å². The van der Waals surface area contributed by atoms with E-state index in [2.05, 4.69) is 17.1 Å². The zero-order chi connectivity index (χ0) is 24.7. The van der Waals surface area contributed by atoms with E-state index < -0.39 is 17.3 Å². The van der Waals surface area contributed by atoms with E-state index in [0.29, 0.717) is 47.0 Å². The van der Waals surface area contributed by atoms with Crippen LogP contribution in [0.25, 0.3) is 0 Å². The standard InChI is InChI=1S/C24H34ClN3O6/c1-5-14-11-28-7-6-23(30)21-18(8-15(25)9-19(21)32-3)27-24(23,34-13-26)20(28)10-16(14)17(12-31-2)22(29)33-4/h8-9,12,14,16,20,27,30H,5-7,10-11,13,26H2,1-4H3/b17-12+/t14-,16+,20+,23+,24+/m1/s1. The van der Waals surface area contributed by atoms with Gasteiger partial charge in [-0.05, 0) is 36.8 Å². The molecule has 2 fully saturated rings. The number of nitrogens with one attached hydrogen (secondary N) is 1. The number of ether oxygens (including phenoxy) is 4. The van der Waals surface area contributed by atoms with E-state index in [-0.39, 0.29) is 24.6 Å². The molecule has 3 heterocycles. The SMILES string of the molecule is CC[C@@H]1CN2CC[C@]3(O)c4c(cc(Cl)cc4OC)N[C@]3(OCN)[C@@H]2C[C@@H]1/C(=C\OC)C(=O)OC. The third-order valence-electron chi connectivity index (χ3n) is 7.72. The Balaban J connectivity index is 1.82. The maximum atomic E-state index is 12.7. The summed E-state index contributed by atoms with van der Waals surface area (Å²) in [6, 6.07) is 3.16. The molecule has 1 aromatic carbocycles. The summed E-state index contributed by atoms with van der Waals surface area (Å²) in [5.74, 6) is 0.109. The van der Waals surface area contributed by atoms with Gasteiger partial charge in [-0.2, -0.15) is 0 Å². The molecule has 10 heteroatoms. The Labute approximate surface area is 205 Å². The fourth-order valence-electron chi connectivity index (χ4n) is 6.25. The molecule has 0 aromatic heterocycles. The number of hydrogen-bond acceptors (Lipinski definition) is 9. The van der Waals surface area contributed by atoms with Gasteiger partial charge in [0.25, 0.3) is 0 Å². The number of nitrogens with two attached hydrogens (primary N) is 1. The number of hydrogen-bond donors (Lipinski definition) is 3. The molecule has 0 saturated carbocycles. The third kappa shape index (κ3) is 3.65. The van der Waals surface area contributed by atoms with Crippen LogP contribution in [-0.2, 0) is 24.6 Å². The molecule has 34 heavy (non-hydrogen) atoms. The highest BCUT2D eigenvalue weighted by Crippen LogP contribution is 2.59. The predicted octanol–water partition coefficient (Wildman–Crippen LogP) is 2.41. The highest BCUT2D eigenvalue weighted by molar-refractivity contribution is 6.31. The van der Waals surface area contributed by atoms with Crippen molar-refractivity contribution < 1.29 is 28.8 Å². The number of methoxy groups -OCH3 is 3. The Morgan fingerprint density at radius 2 is 2.15 bits per heavy atom. The molecular formula is C24H34ClN3O6. The largest absolute Gasteiger partial charge is 0.504 e. The average molecular weight is 496 g/mol. The molecule has 188 valence electrons. The van der Waals surface area contributed by atoms with Crippen molar-refractivity contribution in [2.75, 3.05) is 46.5 Å². The van der Waals surface area contributed by atoms with Crippen LogP contribution in [0.4, 0.5) is 5.69 Å². The Morgan fingerprint density at radius 3 is 2.76 bits per heavy atom. The molecular weight excluding hydrogens is 462 g/mol. The fourth-order valence-corrected chi connectivity index (χ4v) is 6.46. The minimum Gasteiger partial charge on any atom is -0.504 e. The third-order valence-corrected chi connectivity index (χ3v) is 7.94. The maximum absolute atomic E-state index is 12.7. The molecule has 3 aliphatic rings. The van der Waals surface area contributed by atoms with Crippen LogP contribution in [0.2, 0.25) is 5.02 Å². The summed E-state index contributed by atoms with van der Waals surface area (Å²) in [5.41, 5.74) is 5.00. The van der Waals surface area contributed by atoms with Gasteiger partial charge in [0.15, 0.2) is 5.72 Å². The van der Waals surface area contributed by atoms with Crippen LogP contribution in [0.1, 0.15) is 31.7 Å². The minimum atomic E-state index is -1.42. The number of benzene rings is 1. The van der Waals surface area contributed by atoms with Crippen molar-refractivity contribution in [3.8, 4) is 5.75 Å². The Morgan fingerprint density at radius 1 is 1.38 bits per heavy atom. The number of rotatable bonds is 7. The van der Waals surface area contributed by atoms with E-state index in [9.17, 15) is 9.90 Å². The molecule has 9 nitrogen and oxygen atoms in total. The number of fused-ring (bicyclic) bond motifs is 5.